The highest BCUT2D eigenvalue weighted by atomic mass is 14.9. The average molecular weight is 175 g/mol. The highest BCUT2D eigenvalue weighted by Gasteiger charge is 2.14. The van der Waals surface area contributed by atoms with Gasteiger partial charge < -0.3 is 5.32 Å². The Morgan fingerprint density at radius 3 is 3.08 bits per heavy atom. The molecule has 0 amide bonds. The van der Waals surface area contributed by atoms with Crippen molar-refractivity contribution in [2.45, 2.75) is 19.8 Å². The lowest BCUT2D eigenvalue weighted by atomic mass is 9.98. The molecule has 0 aliphatic carbocycles. The molecule has 2 rings (SSSR count). The molecule has 1 aromatic carbocycles. The van der Waals surface area contributed by atoms with Crippen LogP contribution in [0.5, 0.6) is 0 Å². The van der Waals surface area contributed by atoms with Crippen LogP contribution in [0, 0.1) is 12.8 Å². The molecule has 0 spiro atoms. The summed E-state index contributed by atoms with van der Waals surface area (Å²) in [5, 5.41) is 3.41. The van der Waals surface area contributed by atoms with Crippen molar-refractivity contribution in [3.8, 4) is 0 Å². The molecule has 1 heteroatoms. The monoisotopic (exact) mass is 175 g/mol. The first-order chi connectivity index (χ1) is 6.34. The third-order valence-corrected chi connectivity index (χ3v) is 2.77. The van der Waals surface area contributed by atoms with Crippen LogP contribution < -0.4 is 5.32 Å². The number of aryl methyl sites for hydroxylation is 1. The van der Waals surface area contributed by atoms with Crippen molar-refractivity contribution in [2.75, 3.05) is 13.1 Å². The minimum absolute atomic E-state index is 0.863. The van der Waals surface area contributed by atoms with E-state index in [0.717, 1.165) is 5.92 Å². The standard InChI is InChI=1S/C12H17N/c1-10-3-2-4-11(7-10)8-12-5-6-13-9-12/h2-4,7,12-13H,5-6,8-9H2,1H3/t12-/m1/s1. The molecule has 1 atom stereocenters. The van der Waals surface area contributed by atoms with Crippen LogP contribution in [0.4, 0.5) is 0 Å². The molecule has 1 aromatic rings. The van der Waals surface area contributed by atoms with Crippen LogP contribution in [0.1, 0.15) is 17.5 Å². The summed E-state index contributed by atoms with van der Waals surface area (Å²) in [6.07, 6.45) is 2.59. The van der Waals surface area contributed by atoms with Gasteiger partial charge in [0.05, 0.1) is 0 Å². The Balaban J connectivity index is 2.00. The van der Waals surface area contributed by atoms with Crippen molar-refractivity contribution in [3.05, 3.63) is 35.4 Å². The van der Waals surface area contributed by atoms with Gasteiger partial charge >= 0.3 is 0 Å². The topological polar surface area (TPSA) is 12.0 Å². The number of nitrogens with one attached hydrogen (secondary N) is 1. The van der Waals surface area contributed by atoms with Crippen LogP contribution in [0.2, 0.25) is 0 Å². The Bertz CT molecular complexity index is 274. The van der Waals surface area contributed by atoms with E-state index in [2.05, 4.69) is 36.5 Å². The molecule has 70 valence electrons. The maximum Gasteiger partial charge on any atom is -0.00169 e. The highest BCUT2D eigenvalue weighted by Crippen LogP contribution is 2.15. The smallest absolute Gasteiger partial charge is 0.00169 e. The highest BCUT2D eigenvalue weighted by molar-refractivity contribution is 5.22. The summed E-state index contributed by atoms with van der Waals surface area (Å²) in [6, 6.07) is 8.87. The third kappa shape index (κ3) is 2.31. The number of rotatable bonds is 2. The lowest BCUT2D eigenvalue weighted by Gasteiger charge is -2.08. The second-order valence-corrected chi connectivity index (χ2v) is 4.05. The molecule has 1 fully saturated rings. The van der Waals surface area contributed by atoms with Gasteiger partial charge in [0.25, 0.3) is 0 Å². The van der Waals surface area contributed by atoms with Gasteiger partial charge in [-0.2, -0.15) is 0 Å². The van der Waals surface area contributed by atoms with E-state index in [0.29, 0.717) is 0 Å². The van der Waals surface area contributed by atoms with Gasteiger partial charge in [-0.05, 0) is 44.3 Å². The molecule has 0 unspecified atom stereocenters. The van der Waals surface area contributed by atoms with E-state index < -0.39 is 0 Å². The molecule has 0 radical (unpaired) electrons. The largest absolute Gasteiger partial charge is 0.316 e. The summed E-state index contributed by atoms with van der Waals surface area (Å²) < 4.78 is 0. The summed E-state index contributed by atoms with van der Waals surface area (Å²) >= 11 is 0. The zero-order valence-corrected chi connectivity index (χ0v) is 8.22. The number of hydrogen-bond donors (Lipinski definition) is 1. The molecule has 0 aromatic heterocycles. The molecular weight excluding hydrogens is 158 g/mol. The first-order valence-corrected chi connectivity index (χ1v) is 5.11. The van der Waals surface area contributed by atoms with Gasteiger partial charge in [0.2, 0.25) is 0 Å². The van der Waals surface area contributed by atoms with Crippen molar-refractivity contribution < 1.29 is 0 Å². The molecule has 1 nitrogen and oxygen atoms in total. The van der Waals surface area contributed by atoms with Gasteiger partial charge in [-0.3, -0.25) is 0 Å². The summed E-state index contributed by atoms with van der Waals surface area (Å²) in [5.41, 5.74) is 2.87. The van der Waals surface area contributed by atoms with Crippen LogP contribution in [0.15, 0.2) is 24.3 Å². The van der Waals surface area contributed by atoms with Gasteiger partial charge in [0.1, 0.15) is 0 Å². The van der Waals surface area contributed by atoms with Crippen molar-refractivity contribution in [3.63, 3.8) is 0 Å². The van der Waals surface area contributed by atoms with Gasteiger partial charge in [-0.15, -0.1) is 0 Å². The fourth-order valence-electron chi connectivity index (χ4n) is 2.06. The fraction of sp³-hybridized carbons (Fsp3) is 0.500. The maximum absolute atomic E-state index is 3.41. The maximum atomic E-state index is 3.41. The van der Waals surface area contributed by atoms with Crippen LogP contribution >= 0.6 is 0 Å². The second-order valence-electron chi connectivity index (χ2n) is 4.05. The molecule has 13 heavy (non-hydrogen) atoms. The first-order valence-electron chi connectivity index (χ1n) is 5.11. The molecule has 1 N–H and O–H groups in total. The zero-order chi connectivity index (χ0) is 9.10. The Hall–Kier alpha value is -0.820. The average Bonchev–Trinajstić information content (AvgIpc) is 2.57. The Labute approximate surface area is 80.2 Å². The van der Waals surface area contributed by atoms with E-state index in [9.17, 15) is 0 Å². The molecule has 1 aliphatic rings. The summed E-state index contributed by atoms with van der Waals surface area (Å²) in [7, 11) is 0. The Morgan fingerprint density at radius 1 is 1.46 bits per heavy atom. The Morgan fingerprint density at radius 2 is 2.38 bits per heavy atom. The van der Waals surface area contributed by atoms with Crippen molar-refractivity contribution >= 4 is 0 Å². The minimum Gasteiger partial charge on any atom is -0.316 e. The van der Waals surface area contributed by atoms with Crippen LogP contribution in [-0.2, 0) is 6.42 Å². The zero-order valence-electron chi connectivity index (χ0n) is 8.22. The summed E-state index contributed by atoms with van der Waals surface area (Å²) in [5.74, 6) is 0.863. The summed E-state index contributed by atoms with van der Waals surface area (Å²) in [4.78, 5) is 0. The van der Waals surface area contributed by atoms with E-state index in [1.807, 2.05) is 0 Å². The predicted molar refractivity (Wildman–Crippen MR) is 55.9 cm³/mol. The minimum atomic E-state index is 0.863. The Kier molecular flexibility index (Phi) is 2.65. The molecular formula is C12H17N. The first kappa shape index (κ1) is 8.76. The van der Waals surface area contributed by atoms with Crippen molar-refractivity contribution in [1.29, 1.82) is 0 Å². The van der Waals surface area contributed by atoms with E-state index in [-0.39, 0.29) is 0 Å². The van der Waals surface area contributed by atoms with Crippen molar-refractivity contribution in [1.82, 2.24) is 5.32 Å². The van der Waals surface area contributed by atoms with E-state index >= 15 is 0 Å². The van der Waals surface area contributed by atoms with Gasteiger partial charge in [-0.25, -0.2) is 0 Å². The van der Waals surface area contributed by atoms with Gasteiger partial charge in [0.15, 0.2) is 0 Å². The van der Waals surface area contributed by atoms with Crippen LogP contribution in [-0.4, -0.2) is 13.1 Å². The lowest BCUT2D eigenvalue weighted by Crippen LogP contribution is -2.10. The van der Waals surface area contributed by atoms with Crippen molar-refractivity contribution in [2.24, 2.45) is 5.92 Å². The molecule has 0 bridgehead atoms. The molecule has 0 saturated carbocycles. The predicted octanol–water partition coefficient (Wildman–Crippen LogP) is 2.15. The van der Waals surface area contributed by atoms with E-state index in [4.69, 9.17) is 0 Å². The molecule has 1 saturated heterocycles. The second kappa shape index (κ2) is 3.93. The SMILES string of the molecule is Cc1cccc(C[C@H]2CCNC2)c1. The normalized spacial score (nSPS) is 22.1. The van der Waals surface area contributed by atoms with Gasteiger partial charge in [-0.1, -0.05) is 29.8 Å². The number of benzene rings is 1. The lowest BCUT2D eigenvalue weighted by molar-refractivity contribution is 0.580. The quantitative estimate of drug-likeness (QED) is 0.726. The molecule has 1 aliphatic heterocycles. The van der Waals surface area contributed by atoms with E-state index in [1.54, 1.807) is 0 Å². The number of hydrogen-bond acceptors (Lipinski definition) is 1. The van der Waals surface area contributed by atoms with Crippen LogP contribution in [0.3, 0.4) is 0 Å². The van der Waals surface area contributed by atoms with E-state index in [1.165, 1.54) is 37.1 Å². The molecule has 1 heterocycles. The van der Waals surface area contributed by atoms with Crippen LogP contribution in [0.25, 0.3) is 0 Å². The summed E-state index contributed by atoms with van der Waals surface area (Å²) in [6.45, 7) is 4.57. The third-order valence-electron chi connectivity index (χ3n) is 2.77. The van der Waals surface area contributed by atoms with Gasteiger partial charge in [0, 0.05) is 0 Å². The fourth-order valence-corrected chi connectivity index (χ4v) is 2.06.